The van der Waals surface area contributed by atoms with Gasteiger partial charge in [-0.25, -0.2) is 0 Å². The molecule has 0 saturated carbocycles. The SMILES string of the molecule is c1ccc(-c2n[se]c3ccccc23)cc1. The molecule has 0 aliphatic heterocycles. The van der Waals surface area contributed by atoms with Crippen LogP contribution in [0.4, 0.5) is 0 Å². The van der Waals surface area contributed by atoms with Crippen LogP contribution in [0, 0.1) is 0 Å². The van der Waals surface area contributed by atoms with Gasteiger partial charge in [-0.1, -0.05) is 0 Å². The van der Waals surface area contributed by atoms with Crippen LogP contribution >= 0.6 is 0 Å². The third-order valence-electron chi connectivity index (χ3n) is 2.42. The van der Waals surface area contributed by atoms with E-state index in [9.17, 15) is 0 Å². The molecule has 1 heterocycles. The summed E-state index contributed by atoms with van der Waals surface area (Å²) in [5.74, 6) is 0. The quantitative estimate of drug-likeness (QED) is 0.611. The minimum absolute atomic E-state index is 0.266. The molecule has 2 aromatic carbocycles. The number of hydrogen-bond donors (Lipinski definition) is 0. The zero-order valence-corrected chi connectivity index (χ0v) is 9.76. The summed E-state index contributed by atoms with van der Waals surface area (Å²) >= 11 is 0.266. The van der Waals surface area contributed by atoms with Gasteiger partial charge < -0.3 is 0 Å². The normalized spacial score (nSPS) is 10.7. The molecule has 3 rings (SSSR count). The molecule has 0 spiro atoms. The van der Waals surface area contributed by atoms with E-state index in [4.69, 9.17) is 0 Å². The fraction of sp³-hybridized carbons (Fsp3) is 0. The van der Waals surface area contributed by atoms with Gasteiger partial charge in [-0.15, -0.1) is 0 Å². The molecule has 0 bridgehead atoms. The Hall–Kier alpha value is -1.37. The Bertz CT molecular complexity index is 584. The minimum atomic E-state index is 0.266. The average molecular weight is 258 g/mol. The van der Waals surface area contributed by atoms with Crippen LogP contribution in [0.15, 0.2) is 54.6 Å². The molecule has 0 saturated heterocycles. The van der Waals surface area contributed by atoms with E-state index in [1.54, 1.807) is 0 Å². The Morgan fingerprint density at radius 1 is 0.800 bits per heavy atom. The van der Waals surface area contributed by atoms with Crippen LogP contribution in [0.5, 0.6) is 0 Å². The van der Waals surface area contributed by atoms with Crippen LogP contribution in [-0.2, 0) is 0 Å². The van der Waals surface area contributed by atoms with E-state index in [2.05, 4.69) is 52.5 Å². The first-order valence-corrected chi connectivity index (χ1v) is 6.47. The molecule has 0 unspecified atom stereocenters. The molecule has 3 aromatic rings. The van der Waals surface area contributed by atoms with Crippen LogP contribution in [0.3, 0.4) is 0 Å². The van der Waals surface area contributed by atoms with Crippen LogP contribution in [0.2, 0.25) is 0 Å². The van der Waals surface area contributed by atoms with Crippen LogP contribution < -0.4 is 0 Å². The van der Waals surface area contributed by atoms with E-state index in [1.807, 2.05) is 6.07 Å². The molecule has 0 radical (unpaired) electrons. The van der Waals surface area contributed by atoms with E-state index < -0.39 is 0 Å². The van der Waals surface area contributed by atoms with Crippen molar-refractivity contribution in [3.63, 3.8) is 0 Å². The zero-order valence-electron chi connectivity index (χ0n) is 8.05. The summed E-state index contributed by atoms with van der Waals surface area (Å²) in [6.45, 7) is 0. The van der Waals surface area contributed by atoms with Crippen molar-refractivity contribution in [3.8, 4) is 11.3 Å². The van der Waals surface area contributed by atoms with Gasteiger partial charge in [0.2, 0.25) is 0 Å². The molecular formula is C13H9NSe. The van der Waals surface area contributed by atoms with E-state index in [1.165, 1.54) is 15.2 Å². The monoisotopic (exact) mass is 259 g/mol. The second-order valence-electron chi connectivity index (χ2n) is 3.39. The molecular weight excluding hydrogens is 249 g/mol. The summed E-state index contributed by atoms with van der Waals surface area (Å²) in [6, 6.07) is 18.9. The zero-order chi connectivity index (χ0) is 10.1. The summed E-state index contributed by atoms with van der Waals surface area (Å²) in [5, 5.41) is 1.31. The van der Waals surface area contributed by atoms with Crippen molar-refractivity contribution in [2.75, 3.05) is 0 Å². The van der Waals surface area contributed by atoms with E-state index in [-0.39, 0.29) is 14.7 Å². The third-order valence-corrected chi connectivity index (χ3v) is 4.16. The molecule has 15 heavy (non-hydrogen) atoms. The molecule has 0 N–H and O–H groups in total. The third kappa shape index (κ3) is 1.52. The van der Waals surface area contributed by atoms with E-state index in [0.29, 0.717) is 0 Å². The predicted molar refractivity (Wildman–Crippen MR) is 64.1 cm³/mol. The van der Waals surface area contributed by atoms with Gasteiger partial charge in [0, 0.05) is 0 Å². The van der Waals surface area contributed by atoms with Gasteiger partial charge in [-0.3, -0.25) is 0 Å². The van der Waals surface area contributed by atoms with Gasteiger partial charge in [-0.05, 0) is 0 Å². The Morgan fingerprint density at radius 2 is 1.53 bits per heavy atom. The molecule has 0 atom stereocenters. The first kappa shape index (κ1) is 8.90. The van der Waals surface area contributed by atoms with Crippen molar-refractivity contribution in [1.29, 1.82) is 0 Å². The Labute approximate surface area is 94.4 Å². The summed E-state index contributed by atoms with van der Waals surface area (Å²) < 4.78 is 6.05. The summed E-state index contributed by atoms with van der Waals surface area (Å²) in [7, 11) is 0. The summed E-state index contributed by atoms with van der Waals surface area (Å²) in [4.78, 5) is 0. The molecule has 0 amide bonds. The van der Waals surface area contributed by atoms with Gasteiger partial charge in [0.15, 0.2) is 0 Å². The second-order valence-corrected chi connectivity index (χ2v) is 5.08. The van der Waals surface area contributed by atoms with Gasteiger partial charge in [0.05, 0.1) is 0 Å². The van der Waals surface area contributed by atoms with Crippen LogP contribution in [0.25, 0.3) is 20.9 Å². The molecule has 1 nitrogen and oxygen atoms in total. The van der Waals surface area contributed by atoms with Gasteiger partial charge in [-0.2, -0.15) is 0 Å². The first-order chi connectivity index (χ1) is 7.45. The number of nitrogens with zero attached hydrogens (tertiary/aromatic N) is 1. The number of benzene rings is 2. The van der Waals surface area contributed by atoms with Gasteiger partial charge >= 0.3 is 94.2 Å². The molecule has 72 valence electrons. The van der Waals surface area contributed by atoms with Crippen LogP contribution in [0.1, 0.15) is 0 Å². The fourth-order valence-corrected chi connectivity index (χ4v) is 3.36. The Morgan fingerprint density at radius 3 is 2.40 bits per heavy atom. The van der Waals surface area contributed by atoms with Crippen molar-refractivity contribution in [2.24, 2.45) is 0 Å². The maximum absolute atomic E-state index is 4.65. The molecule has 0 fully saturated rings. The average Bonchev–Trinajstić information content (AvgIpc) is 2.74. The van der Waals surface area contributed by atoms with Crippen molar-refractivity contribution < 1.29 is 0 Å². The number of fused-ring (bicyclic) bond motifs is 1. The van der Waals surface area contributed by atoms with Crippen molar-refractivity contribution in [2.45, 2.75) is 0 Å². The van der Waals surface area contributed by atoms with Crippen molar-refractivity contribution in [3.05, 3.63) is 54.6 Å². The molecule has 2 heteroatoms. The van der Waals surface area contributed by atoms with E-state index in [0.717, 1.165) is 5.69 Å². The van der Waals surface area contributed by atoms with Crippen LogP contribution in [-0.4, -0.2) is 18.7 Å². The Balaban J connectivity index is 2.28. The molecule has 0 aliphatic rings. The first-order valence-electron chi connectivity index (χ1n) is 4.85. The number of rotatable bonds is 1. The van der Waals surface area contributed by atoms with Crippen molar-refractivity contribution in [1.82, 2.24) is 3.98 Å². The summed E-state index contributed by atoms with van der Waals surface area (Å²) in [5.41, 5.74) is 2.38. The van der Waals surface area contributed by atoms with Crippen molar-refractivity contribution >= 4 is 24.4 Å². The number of hydrogen-bond acceptors (Lipinski definition) is 1. The second kappa shape index (κ2) is 3.65. The predicted octanol–water partition coefficient (Wildman–Crippen LogP) is 2.96. The van der Waals surface area contributed by atoms with E-state index >= 15 is 0 Å². The topological polar surface area (TPSA) is 12.9 Å². The standard InChI is InChI=1S/C13H9NSe/c1-2-6-10(7-3-1)13-11-8-4-5-9-12(11)15-14-13/h1-9H. The fourth-order valence-electron chi connectivity index (χ4n) is 1.69. The number of aromatic nitrogens is 1. The molecule has 1 aromatic heterocycles. The Kier molecular flexibility index (Phi) is 2.17. The maximum atomic E-state index is 4.65. The summed E-state index contributed by atoms with van der Waals surface area (Å²) in [6.07, 6.45) is 0. The van der Waals surface area contributed by atoms with Gasteiger partial charge in [0.25, 0.3) is 0 Å². The molecule has 0 aliphatic carbocycles. The van der Waals surface area contributed by atoms with Gasteiger partial charge in [0.1, 0.15) is 0 Å².